The summed E-state index contributed by atoms with van der Waals surface area (Å²) in [7, 11) is -0.957. The Bertz CT molecular complexity index is 502. The Labute approximate surface area is 144 Å². The van der Waals surface area contributed by atoms with Crippen LogP contribution in [-0.4, -0.2) is 57.5 Å². The highest BCUT2D eigenvalue weighted by molar-refractivity contribution is 14.0. The number of nitrogens with one attached hydrogen (secondary N) is 1. The highest BCUT2D eigenvalue weighted by atomic mass is 127. The lowest BCUT2D eigenvalue weighted by Gasteiger charge is -2.38. The molecular weight excluding hydrogens is 401 g/mol. The predicted molar refractivity (Wildman–Crippen MR) is 96.0 cm³/mol. The molecule has 122 valence electrons. The molecule has 1 spiro atoms. The third-order valence-corrected chi connectivity index (χ3v) is 7.08. The zero-order chi connectivity index (χ0) is 14.2. The van der Waals surface area contributed by atoms with Crippen molar-refractivity contribution < 1.29 is 8.42 Å². The predicted octanol–water partition coefficient (Wildman–Crippen LogP) is 1.49. The SMILES string of the molecule is CN=C(NCC1CCS(=O)(=O)C1)N1CCC2(CCC2)C1.I. The average molecular weight is 427 g/mol. The largest absolute Gasteiger partial charge is 0.356 e. The first kappa shape index (κ1) is 17.3. The summed E-state index contributed by atoms with van der Waals surface area (Å²) < 4.78 is 22.9. The van der Waals surface area contributed by atoms with Gasteiger partial charge in [0.25, 0.3) is 0 Å². The van der Waals surface area contributed by atoms with E-state index < -0.39 is 9.84 Å². The van der Waals surface area contributed by atoms with Crippen LogP contribution in [-0.2, 0) is 9.84 Å². The van der Waals surface area contributed by atoms with Crippen LogP contribution < -0.4 is 5.32 Å². The summed E-state index contributed by atoms with van der Waals surface area (Å²) >= 11 is 0. The molecule has 2 aliphatic heterocycles. The van der Waals surface area contributed by atoms with E-state index in [1.807, 2.05) is 7.05 Å². The van der Waals surface area contributed by atoms with Gasteiger partial charge in [0.05, 0.1) is 11.5 Å². The fourth-order valence-corrected chi connectivity index (χ4v) is 5.66. The van der Waals surface area contributed by atoms with Gasteiger partial charge in [0.1, 0.15) is 0 Å². The summed E-state index contributed by atoms with van der Waals surface area (Å²) in [6.45, 7) is 2.94. The van der Waals surface area contributed by atoms with E-state index in [0.717, 1.165) is 32.0 Å². The minimum atomic E-state index is -2.78. The molecule has 1 aliphatic carbocycles. The molecular formula is C14H26IN3O2S. The molecule has 0 bridgehead atoms. The maximum atomic E-state index is 11.5. The smallest absolute Gasteiger partial charge is 0.193 e. The number of hydrogen-bond acceptors (Lipinski definition) is 3. The highest BCUT2D eigenvalue weighted by Crippen LogP contribution is 2.47. The third-order valence-electron chi connectivity index (χ3n) is 5.24. The van der Waals surface area contributed by atoms with E-state index in [-0.39, 0.29) is 29.9 Å². The molecule has 3 rings (SSSR count). The number of sulfone groups is 1. The van der Waals surface area contributed by atoms with Gasteiger partial charge in [-0.05, 0) is 37.0 Å². The average Bonchev–Trinajstić information content (AvgIpc) is 2.94. The first-order valence-corrected chi connectivity index (χ1v) is 9.50. The Hall–Kier alpha value is -0.0500. The molecule has 2 heterocycles. The van der Waals surface area contributed by atoms with Crippen LogP contribution in [0.2, 0.25) is 0 Å². The summed E-state index contributed by atoms with van der Waals surface area (Å²) in [6, 6.07) is 0. The quantitative estimate of drug-likeness (QED) is 0.412. The summed E-state index contributed by atoms with van der Waals surface area (Å²) in [5.41, 5.74) is 0.564. The molecule has 0 amide bonds. The van der Waals surface area contributed by atoms with Crippen molar-refractivity contribution in [2.24, 2.45) is 16.3 Å². The maximum Gasteiger partial charge on any atom is 0.193 e. The van der Waals surface area contributed by atoms with Crippen LogP contribution in [0.1, 0.15) is 32.1 Å². The first-order valence-electron chi connectivity index (χ1n) is 7.68. The van der Waals surface area contributed by atoms with E-state index in [2.05, 4.69) is 15.2 Å². The molecule has 1 saturated carbocycles. The van der Waals surface area contributed by atoms with Gasteiger partial charge in [-0.2, -0.15) is 0 Å². The van der Waals surface area contributed by atoms with Crippen LogP contribution in [0.15, 0.2) is 4.99 Å². The number of guanidine groups is 1. The second kappa shape index (κ2) is 6.60. The standard InChI is InChI=1S/C14H25N3O2S.HI/c1-15-13(16-9-12-3-8-20(18,19)10-12)17-7-6-14(11-17)4-2-5-14;/h12H,2-11H2,1H3,(H,15,16);1H. The van der Waals surface area contributed by atoms with Crippen molar-refractivity contribution in [2.45, 2.75) is 32.1 Å². The minimum absolute atomic E-state index is 0. The van der Waals surface area contributed by atoms with Gasteiger partial charge in [-0.15, -0.1) is 24.0 Å². The topological polar surface area (TPSA) is 61.8 Å². The molecule has 7 heteroatoms. The Balaban J connectivity index is 0.00000161. The normalized spacial score (nSPS) is 30.0. The van der Waals surface area contributed by atoms with Crippen LogP contribution in [0.5, 0.6) is 0 Å². The molecule has 3 aliphatic rings. The van der Waals surface area contributed by atoms with E-state index in [9.17, 15) is 8.42 Å². The summed E-state index contributed by atoms with van der Waals surface area (Å²) in [5, 5.41) is 3.39. The summed E-state index contributed by atoms with van der Waals surface area (Å²) in [5.74, 6) is 1.89. The van der Waals surface area contributed by atoms with Crippen molar-refractivity contribution in [2.75, 3.05) is 38.2 Å². The Morgan fingerprint density at radius 1 is 1.38 bits per heavy atom. The Morgan fingerprint density at radius 3 is 2.62 bits per heavy atom. The molecule has 2 saturated heterocycles. The number of rotatable bonds is 2. The highest BCUT2D eigenvalue weighted by Gasteiger charge is 2.43. The van der Waals surface area contributed by atoms with Gasteiger partial charge in [-0.3, -0.25) is 4.99 Å². The van der Waals surface area contributed by atoms with Gasteiger partial charge in [-0.25, -0.2) is 8.42 Å². The van der Waals surface area contributed by atoms with Crippen LogP contribution in [0.25, 0.3) is 0 Å². The third kappa shape index (κ3) is 3.83. The zero-order valence-electron chi connectivity index (χ0n) is 12.7. The number of likely N-dealkylation sites (tertiary alicyclic amines) is 1. The minimum Gasteiger partial charge on any atom is -0.356 e. The molecule has 0 aromatic heterocycles. The molecule has 21 heavy (non-hydrogen) atoms. The Kier molecular flexibility index (Phi) is 5.44. The number of nitrogens with zero attached hydrogens (tertiary/aromatic N) is 2. The van der Waals surface area contributed by atoms with Crippen LogP contribution in [0.4, 0.5) is 0 Å². The van der Waals surface area contributed by atoms with Crippen molar-refractivity contribution in [1.29, 1.82) is 0 Å². The fraction of sp³-hybridized carbons (Fsp3) is 0.929. The summed E-state index contributed by atoms with van der Waals surface area (Å²) in [6.07, 6.45) is 6.17. The van der Waals surface area contributed by atoms with Gasteiger partial charge in [0.2, 0.25) is 0 Å². The van der Waals surface area contributed by atoms with Crippen molar-refractivity contribution in [1.82, 2.24) is 10.2 Å². The van der Waals surface area contributed by atoms with E-state index in [0.29, 0.717) is 16.9 Å². The molecule has 1 unspecified atom stereocenters. The second-order valence-corrected chi connectivity index (χ2v) is 8.95. The molecule has 0 aromatic carbocycles. The molecule has 5 nitrogen and oxygen atoms in total. The molecule has 1 atom stereocenters. The molecule has 3 fully saturated rings. The van der Waals surface area contributed by atoms with Gasteiger partial charge in [0, 0.05) is 26.7 Å². The van der Waals surface area contributed by atoms with Crippen molar-refractivity contribution >= 4 is 39.8 Å². The van der Waals surface area contributed by atoms with Gasteiger partial charge in [-0.1, -0.05) is 6.42 Å². The number of aliphatic imine (C=N–C) groups is 1. The zero-order valence-corrected chi connectivity index (χ0v) is 15.8. The fourth-order valence-electron chi connectivity index (χ4n) is 3.80. The van der Waals surface area contributed by atoms with E-state index >= 15 is 0 Å². The van der Waals surface area contributed by atoms with Crippen molar-refractivity contribution in [3.8, 4) is 0 Å². The van der Waals surface area contributed by atoms with Crippen LogP contribution in [0.3, 0.4) is 0 Å². The van der Waals surface area contributed by atoms with Gasteiger partial charge < -0.3 is 10.2 Å². The first-order chi connectivity index (χ1) is 9.52. The summed E-state index contributed by atoms with van der Waals surface area (Å²) in [4.78, 5) is 6.72. The maximum absolute atomic E-state index is 11.5. The molecule has 1 N–H and O–H groups in total. The monoisotopic (exact) mass is 427 g/mol. The lowest BCUT2D eigenvalue weighted by molar-refractivity contribution is 0.151. The Morgan fingerprint density at radius 2 is 2.14 bits per heavy atom. The van der Waals surface area contributed by atoms with Gasteiger partial charge in [0.15, 0.2) is 15.8 Å². The lowest BCUT2D eigenvalue weighted by atomic mass is 9.68. The lowest BCUT2D eigenvalue weighted by Crippen LogP contribution is -2.44. The number of halogens is 1. The number of hydrogen-bond donors (Lipinski definition) is 1. The van der Waals surface area contributed by atoms with Crippen LogP contribution in [0, 0.1) is 11.3 Å². The van der Waals surface area contributed by atoms with Crippen LogP contribution >= 0.6 is 24.0 Å². The van der Waals surface area contributed by atoms with E-state index in [4.69, 9.17) is 0 Å². The van der Waals surface area contributed by atoms with E-state index in [1.54, 1.807) is 0 Å². The van der Waals surface area contributed by atoms with Crippen molar-refractivity contribution in [3.63, 3.8) is 0 Å². The van der Waals surface area contributed by atoms with Crippen molar-refractivity contribution in [3.05, 3.63) is 0 Å². The van der Waals surface area contributed by atoms with E-state index in [1.165, 1.54) is 25.7 Å². The molecule has 0 aromatic rings. The van der Waals surface area contributed by atoms with Gasteiger partial charge >= 0.3 is 0 Å². The second-order valence-electron chi connectivity index (χ2n) is 6.72. The molecule has 0 radical (unpaired) electrons.